The summed E-state index contributed by atoms with van der Waals surface area (Å²) < 4.78 is 4.70. The van der Waals surface area contributed by atoms with E-state index in [0.29, 0.717) is 18.2 Å². The molecular weight excluding hydrogens is 350 g/mol. The highest BCUT2D eigenvalue weighted by Gasteiger charge is 2.15. The molecule has 132 valence electrons. The van der Waals surface area contributed by atoms with E-state index in [1.165, 1.54) is 7.11 Å². The smallest absolute Gasteiger partial charge is 0.307 e. The fourth-order valence-corrected chi connectivity index (χ4v) is 2.83. The minimum absolute atomic E-state index is 0.143. The Hall–Kier alpha value is -1.24. The second-order valence-electron chi connectivity index (χ2n) is 5.29. The predicted octanol–water partition coefficient (Wildman–Crippen LogP) is 1.58. The fourth-order valence-electron chi connectivity index (χ4n) is 2.42. The monoisotopic (exact) mass is 372 g/mol. The fraction of sp³-hybridized carbons (Fsp3) is 0.500. The number of halogens is 2. The lowest BCUT2D eigenvalue weighted by Gasteiger charge is -2.23. The molecule has 0 aliphatic rings. The number of methoxy groups -OCH3 is 1. The van der Waals surface area contributed by atoms with E-state index in [0.717, 1.165) is 30.5 Å². The summed E-state index contributed by atoms with van der Waals surface area (Å²) >= 11 is 11.7. The first-order chi connectivity index (χ1) is 11.6. The molecule has 0 aliphatic carbocycles. The zero-order valence-electron chi connectivity index (χ0n) is 13.8. The minimum Gasteiger partial charge on any atom is -0.469 e. The molecule has 8 heteroatoms. The number of carbonyl (C=O) groups is 2. The van der Waals surface area contributed by atoms with Crippen LogP contribution in [0.5, 0.6) is 0 Å². The van der Waals surface area contributed by atoms with Gasteiger partial charge >= 0.3 is 5.97 Å². The molecule has 0 saturated heterocycles. The highest BCUT2D eigenvalue weighted by molar-refractivity contribution is 6.64. The maximum Gasteiger partial charge on any atom is 0.307 e. The van der Waals surface area contributed by atoms with Crippen molar-refractivity contribution in [1.29, 1.82) is 0 Å². The van der Waals surface area contributed by atoms with Crippen LogP contribution in [0.4, 0.5) is 5.69 Å². The van der Waals surface area contributed by atoms with Crippen molar-refractivity contribution in [2.24, 2.45) is 0 Å². The van der Waals surface area contributed by atoms with Gasteiger partial charge in [-0.1, -0.05) is 12.1 Å². The number of hydrogen-bond donors (Lipinski definition) is 1. The molecule has 0 saturated carbocycles. The standard InChI is InChI=1S/C16H23BCl2N2O3/c1-24-16(23)11-14(20-17-12-22)10-13-2-4-15(5-3-13)21(8-6-18)9-7-19/h2-5,12,14,17,20H,6-11H2,1H3/t14-/m0/s1. The molecule has 0 bridgehead atoms. The zero-order chi connectivity index (χ0) is 17.8. The first kappa shape index (κ1) is 20.8. The van der Waals surface area contributed by atoms with Crippen LogP contribution in [0.2, 0.25) is 0 Å². The van der Waals surface area contributed by atoms with Crippen LogP contribution in [0.15, 0.2) is 24.3 Å². The second kappa shape index (κ2) is 12.2. The lowest BCUT2D eigenvalue weighted by Crippen LogP contribution is -2.37. The van der Waals surface area contributed by atoms with Crippen LogP contribution in [-0.4, -0.2) is 57.6 Å². The summed E-state index contributed by atoms with van der Waals surface area (Å²) in [7, 11) is 1.56. The third-order valence-corrected chi connectivity index (χ3v) is 3.96. The van der Waals surface area contributed by atoms with E-state index in [1.54, 1.807) is 0 Å². The van der Waals surface area contributed by atoms with E-state index in [-0.39, 0.29) is 25.8 Å². The third kappa shape index (κ3) is 7.56. The summed E-state index contributed by atoms with van der Waals surface area (Å²) in [6.45, 7) is 1.47. The predicted molar refractivity (Wildman–Crippen MR) is 101 cm³/mol. The summed E-state index contributed by atoms with van der Waals surface area (Å²) in [5.74, 6) is 0.774. The molecule has 1 rings (SSSR count). The van der Waals surface area contributed by atoms with Crippen molar-refractivity contribution < 1.29 is 14.3 Å². The number of benzene rings is 1. The van der Waals surface area contributed by atoms with Crippen molar-refractivity contribution in [3.63, 3.8) is 0 Å². The molecule has 0 spiro atoms. The molecule has 0 aliphatic heterocycles. The molecule has 0 unspecified atom stereocenters. The van der Waals surface area contributed by atoms with Gasteiger partial charge in [-0.3, -0.25) is 4.79 Å². The molecule has 0 heterocycles. The average molecular weight is 373 g/mol. The molecule has 1 aromatic rings. The number of ether oxygens (including phenoxy) is 1. The van der Waals surface area contributed by atoms with Gasteiger partial charge in [-0.15, -0.1) is 23.2 Å². The topological polar surface area (TPSA) is 58.6 Å². The molecule has 0 radical (unpaired) electrons. The number of nitrogens with zero attached hydrogens (tertiary/aromatic N) is 1. The molecule has 0 fully saturated rings. The summed E-state index contributed by atoms with van der Waals surface area (Å²) in [6.07, 6.45) is 1.63. The van der Waals surface area contributed by atoms with Crippen molar-refractivity contribution in [2.45, 2.75) is 18.9 Å². The first-order valence-corrected chi connectivity index (χ1v) is 8.91. The minimum atomic E-state index is -0.301. The molecule has 24 heavy (non-hydrogen) atoms. The molecule has 1 aromatic carbocycles. The van der Waals surface area contributed by atoms with E-state index in [2.05, 4.69) is 10.1 Å². The Bertz CT molecular complexity index is 497. The van der Waals surface area contributed by atoms with Gasteiger partial charge in [-0.2, -0.15) is 0 Å². The average Bonchev–Trinajstić information content (AvgIpc) is 2.60. The summed E-state index contributed by atoms with van der Waals surface area (Å²) in [6, 6.07) is 7.91. The van der Waals surface area contributed by atoms with Crippen molar-refractivity contribution in [2.75, 3.05) is 36.9 Å². The van der Waals surface area contributed by atoms with Gasteiger partial charge in [-0.25, -0.2) is 0 Å². The summed E-state index contributed by atoms with van der Waals surface area (Å²) in [4.78, 5) is 24.2. The van der Waals surface area contributed by atoms with Gasteiger partial charge in [-0.05, 0) is 24.1 Å². The summed E-state index contributed by atoms with van der Waals surface area (Å²) in [5, 5.41) is 3.05. The Morgan fingerprint density at radius 2 is 1.92 bits per heavy atom. The van der Waals surface area contributed by atoms with Gasteiger partial charge < -0.3 is 19.7 Å². The van der Waals surface area contributed by atoms with Gasteiger partial charge in [0, 0.05) is 36.6 Å². The van der Waals surface area contributed by atoms with Crippen molar-refractivity contribution in [1.82, 2.24) is 5.23 Å². The first-order valence-electron chi connectivity index (χ1n) is 7.84. The third-order valence-electron chi connectivity index (χ3n) is 3.62. The number of alkyl halides is 2. The SMILES string of the molecule is COC(=O)C[C@H](Cc1ccc(N(CCCl)CCCl)cc1)NBC=O. The van der Waals surface area contributed by atoms with Crippen LogP contribution in [0.1, 0.15) is 12.0 Å². The van der Waals surface area contributed by atoms with Crippen LogP contribution in [0.3, 0.4) is 0 Å². The molecule has 1 atom stereocenters. The molecule has 1 N–H and O–H groups in total. The van der Waals surface area contributed by atoms with Gasteiger partial charge in [0.05, 0.1) is 19.7 Å². The van der Waals surface area contributed by atoms with E-state index in [9.17, 15) is 9.59 Å². The Kier molecular flexibility index (Phi) is 10.6. The Morgan fingerprint density at radius 3 is 2.42 bits per heavy atom. The Balaban J connectivity index is 2.73. The highest BCUT2D eigenvalue weighted by atomic mass is 35.5. The van der Waals surface area contributed by atoms with E-state index < -0.39 is 0 Å². The van der Waals surface area contributed by atoms with Crippen LogP contribution >= 0.6 is 23.2 Å². The van der Waals surface area contributed by atoms with E-state index >= 15 is 0 Å². The van der Waals surface area contributed by atoms with Crippen molar-refractivity contribution in [3.8, 4) is 0 Å². The van der Waals surface area contributed by atoms with Crippen molar-refractivity contribution in [3.05, 3.63) is 29.8 Å². The maximum atomic E-state index is 11.5. The Morgan fingerprint density at radius 1 is 1.29 bits per heavy atom. The number of anilines is 1. The lowest BCUT2D eigenvalue weighted by atomic mass is 9.92. The van der Waals surface area contributed by atoms with E-state index in [4.69, 9.17) is 27.9 Å². The lowest BCUT2D eigenvalue weighted by molar-refractivity contribution is -0.141. The van der Waals surface area contributed by atoms with Crippen LogP contribution in [0.25, 0.3) is 0 Å². The van der Waals surface area contributed by atoms with Gasteiger partial charge in [0.2, 0.25) is 0 Å². The normalized spacial score (nSPS) is 11.6. The molecule has 0 aromatic heterocycles. The van der Waals surface area contributed by atoms with Crippen LogP contribution < -0.4 is 10.1 Å². The number of hydrogen-bond acceptors (Lipinski definition) is 5. The van der Waals surface area contributed by atoms with Crippen LogP contribution in [-0.2, 0) is 20.7 Å². The zero-order valence-corrected chi connectivity index (χ0v) is 15.4. The van der Waals surface area contributed by atoms with E-state index in [1.807, 2.05) is 24.3 Å². The Labute approximate surface area is 153 Å². The summed E-state index contributed by atoms with van der Waals surface area (Å²) in [5.41, 5.74) is 2.13. The molecular formula is C16H23BCl2N2O3. The molecule has 5 nitrogen and oxygen atoms in total. The van der Waals surface area contributed by atoms with Gasteiger partial charge in [0.1, 0.15) is 0 Å². The number of rotatable bonds is 12. The number of esters is 1. The van der Waals surface area contributed by atoms with Crippen molar-refractivity contribution >= 4 is 48.5 Å². The number of carbonyl (C=O) groups excluding carboxylic acids is 2. The number of nitrogens with one attached hydrogen (secondary N) is 1. The second-order valence-corrected chi connectivity index (χ2v) is 6.04. The molecule has 0 amide bonds. The largest absolute Gasteiger partial charge is 0.469 e. The highest BCUT2D eigenvalue weighted by Crippen LogP contribution is 2.17. The van der Waals surface area contributed by atoms with Gasteiger partial charge in [0.25, 0.3) is 7.41 Å². The van der Waals surface area contributed by atoms with Gasteiger partial charge in [0.15, 0.2) is 0 Å². The quantitative estimate of drug-likeness (QED) is 0.261. The van der Waals surface area contributed by atoms with Crippen LogP contribution in [0, 0.1) is 0 Å². The maximum absolute atomic E-state index is 11.5.